The van der Waals surface area contributed by atoms with Gasteiger partial charge in [0.1, 0.15) is 12.1 Å². The van der Waals surface area contributed by atoms with Crippen LogP contribution in [0, 0.1) is 0 Å². The van der Waals surface area contributed by atoms with Crippen LogP contribution in [0.1, 0.15) is 12.0 Å². The molecule has 1 heterocycles. The van der Waals surface area contributed by atoms with Crippen LogP contribution in [0.3, 0.4) is 0 Å². The smallest absolute Gasteiger partial charge is 0.328 e. The summed E-state index contributed by atoms with van der Waals surface area (Å²) in [4.78, 5) is 36.4. The molecule has 2 aromatic rings. The minimum atomic E-state index is -4.10. The number of amides is 3. The number of hydrogen-bond donors (Lipinski definition) is 5. The largest absolute Gasteiger partial charge is 0.480 e. The van der Waals surface area contributed by atoms with E-state index in [1.807, 2.05) is 30.3 Å². The number of sulfonamides is 1. The molecule has 3 atom stereocenters. The quantitative estimate of drug-likeness (QED) is 0.327. The normalized spacial score (nSPS) is 19.2. The van der Waals surface area contributed by atoms with Crippen molar-refractivity contribution >= 4 is 27.9 Å². The van der Waals surface area contributed by atoms with Gasteiger partial charge in [0, 0.05) is 19.5 Å². The molecular weight excluding hydrogens is 464 g/mol. The fourth-order valence-electron chi connectivity index (χ4n) is 3.52. The second kappa shape index (κ2) is 11.1. The lowest BCUT2D eigenvalue weighted by molar-refractivity contribution is -0.142. The molecule has 0 spiro atoms. The zero-order valence-electron chi connectivity index (χ0n) is 18.1. The third-order valence-corrected chi connectivity index (χ3v) is 7.15. The summed E-state index contributed by atoms with van der Waals surface area (Å²) in [5.41, 5.74) is 0.847. The van der Waals surface area contributed by atoms with Gasteiger partial charge in [-0.3, -0.25) is 4.79 Å². The Balaban J connectivity index is 1.61. The van der Waals surface area contributed by atoms with Gasteiger partial charge in [0.05, 0.1) is 17.5 Å². The second-order valence-corrected chi connectivity index (χ2v) is 9.63. The third-order valence-electron chi connectivity index (χ3n) is 5.26. The molecule has 0 bridgehead atoms. The van der Waals surface area contributed by atoms with Crippen LogP contribution in [0.2, 0.25) is 0 Å². The van der Waals surface area contributed by atoms with Crippen LogP contribution in [-0.2, 0) is 26.2 Å². The van der Waals surface area contributed by atoms with Crippen molar-refractivity contribution in [3.05, 3.63) is 66.2 Å². The van der Waals surface area contributed by atoms with Gasteiger partial charge in [-0.1, -0.05) is 48.5 Å². The van der Waals surface area contributed by atoms with Crippen LogP contribution in [0.5, 0.6) is 0 Å². The maximum absolute atomic E-state index is 13.0. The van der Waals surface area contributed by atoms with Crippen LogP contribution in [0.15, 0.2) is 65.6 Å². The molecule has 1 aliphatic rings. The van der Waals surface area contributed by atoms with Crippen LogP contribution in [-0.4, -0.2) is 72.1 Å². The van der Waals surface area contributed by atoms with Crippen LogP contribution >= 0.6 is 0 Å². The number of hydrogen-bond acceptors (Lipinski definition) is 6. The number of benzene rings is 2. The molecule has 12 heteroatoms. The lowest BCUT2D eigenvalue weighted by Gasteiger charge is -2.24. The number of urea groups is 1. The molecule has 1 saturated heterocycles. The molecule has 3 amide bonds. The van der Waals surface area contributed by atoms with Gasteiger partial charge in [-0.25, -0.2) is 18.0 Å². The van der Waals surface area contributed by atoms with Crippen molar-refractivity contribution in [2.75, 3.05) is 13.1 Å². The van der Waals surface area contributed by atoms with Crippen molar-refractivity contribution in [1.29, 1.82) is 0 Å². The Kier molecular flexibility index (Phi) is 8.21. The van der Waals surface area contributed by atoms with E-state index in [4.69, 9.17) is 0 Å². The van der Waals surface area contributed by atoms with E-state index in [1.165, 1.54) is 24.3 Å². The molecule has 3 rings (SSSR count). The van der Waals surface area contributed by atoms with E-state index < -0.39 is 52.7 Å². The number of β-amino-alcohol motifs (C(OH)–C–C–N with tert-alkyl or cyclic N) is 1. The molecule has 0 aromatic heterocycles. The Bertz CT molecular complexity index is 1110. The fourth-order valence-corrected chi connectivity index (χ4v) is 5.18. The molecule has 34 heavy (non-hydrogen) atoms. The van der Waals surface area contributed by atoms with Gasteiger partial charge in [-0.15, -0.1) is 0 Å². The standard InChI is InChI=1S/C22H26N4O7S/c27-16-11-19(26(14-16)34(32,33)17-9-5-2-6-10-17)20(28)25-18(21(29)30)13-24-22(31)23-12-15-7-3-1-4-8-15/h1-10,16,18-19,27H,11-14H2,(H,25,28)(H,29,30)(H2,23,24,31). The van der Waals surface area contributed by atoms with Gasteiger partial charge in [-0.2, -0.15) is 4.31 Å². The Labute approximate surface area is 196 Å². The minimum Gasteiger partial charge on any atom is -0.480 e. The average molecular weight is 491 g/mol. The van der Waals surface area contributed by atoms with E-state index in [0.717, 1.165) is 9.87 Å². The first-order valence-electron chi connectivity index (χ1n) is 10.5. The van der Waals surface area contributed by atoms with Crippen molar-refractivity contribution < 1.29 is 33.0 Å². The first-order valence-corrected chi connectivity index (χ1v) is 12.0. The minimum absolute atomic E-state index is 0.0477. The Morgan fingerprint density at radius 2 is 1.62 bits per heavy atom. The summed E-state index contributed by atoms with van der Waals surface area (Å²) in [5.74, 6) is -2.29. The fraction of sp³-hybridized carbons (Fsp3) is 0.318. The summed E-state index contributed by atoms with van der Waals surface area (Å²) >= 11 is 0. The molecule has 1 aliphatic heterocycles. The molecular formula is C22H26N4O7S. The topological polar surface area (TPSA) is 165 Å². The van der Waals surface area contributed by atoms with Crippen LogP contribution in [0.25, 0.3) is 0 Å². The first kappa shape index (κ1) is 25.1. The molecule has 0 aliphatic carbocycles. The highest BCUT2D eigenvalue weighted by atomic mass is 32.2. The van der Waals surface area contributed by atoms with Gasteiger partial charge >= 0.3 is 12.0 Å². The summed E-state index contributed by atoms with van der Waals surface area (Å²) in [6.45, 7) is -0.501. The number of rotatable bonds is 9. The third kappa shape index (κ3) is 6.31. The number of aliphatic hydroxyl groups is 1. The van der Waals surface area contributed by atoms with Crippen molar-refractivity contribution in [1.82, 2.24) is 20.3 Å². The van der Waals surface area contributed by atoms with Crippen molar-refractivity contribution in [2.24, 2.45) is 0 Å². The van der Waals surface area contributed by atoms with Crippen molar-refractivity contribution in [2.45, 2.75) is 36.0 Å². The zero-order valence-corrected chi connectivity index (χ0v) is 18.9. The van der Waals surface area contributed by atoms with Gasteiger partial charge in [0.25, 0.3) is 0 Å². The zero-order chi connectivity index (χ0) is 24.7. The summed E-state index contributed by atoms with van der Waals surface area (Å²) in [5, 5.41) is 26.7. The van der Waals surface area contributed by atoms with Gasteiger partial charge in [-0.05, 0) is 17.7 Å². The maximum atomic E-state index is 13.0. The van der Waals surface area contributed by atoms with Gasteiger partial charge < -0.3 is 26.2 Å². The summed E-state index contributed by atoms with van der Waals surface area (Å²) in [6.07, 6.45) is -1.27. The number of carboxylic acid groups (broad SMARTS) is 1. The van der Waals surface area contributed by atoms with Crippen LogP contribution < -0.4 is 16.0 Å². The van der Waals surface area contributed by atoms with E-state index >= 15 is 0 Å². The number of carbonyl (C=O) groups is 3. The second-order valence-electron chi connectivity index (χ2n) is 7.74. The molecule has 1 fully saturated rings. The first-order chi connectivity index (χ1) is 16.2. The predicted octanol–water partition coefficient (Wildman–Crippen LogP) is -0.121. The van der Waals surface area contributed by atoms with E-state index in [0.29, 0.717) is 0 Å². The molecule has 0 saturated carbocycles. The molecule has 182 valence electrons. The van der Waals surface area contributed by atoms with E-state index in [-0.39, 0.29) is 24.4 Å². The van der Waals surface area contributed by atoms with E-state index in [9.17, 15) is 33.0 Å². The highest BCUT2D eigenvalue weighted by Gasteiger charge is 2.44. The number of carboxylic acids is 1. The van der Waals surface area contributed by atoms with Crippen LogP contribution in [0.4, 0.5) is 4.79 Å². The van der Waals surface area contributed by atoms with E-state index in [1.54, 1.807) is 6.07 Å². The lowest BCUT2D eigenvalue weighted by Crippen LogP contribution is -2.54. The van der Waals surface area contributed by atoms with Gasteiger partial charge in [0.2, 0.25) is 15.9 Å². The summed E-state index contributed by atoms with van der Waals surface area (Å²) < 4.78 is 26.8. The number of aliphatic carboxylic acids is 1. The SMILES string of the molecule is O=C(NCc1ccccc1)NCC(NC(=O)C1CC(O)CN1S(=O)(=O)c1ccccc1)C(=O)O. The molecule has 0 radical (unpaired) electrons. The van der Waals surface area contributed by atoms with Crippen molar-refractivity contribution in [3.8, 4) is 0 Å². The number of nitrogens with one attached hydrogen (secondary N) is 3. The molecule has 5 N–H and O–H groups in total. The number of nitrogens with zero attached hydrogens (tertiary/aromatic N) is 1. The monoisotopic (exact) mass is 490 g/mol. The Morgan fingerprint density at radius 1 is 1.00 bits per heavy atom. The Hall–Kier alpha value is -3.48. The molecule has 3 unspecified atom stereocenters. The number of aliphatic hydroxyl groups excluding tert-OH is 1. The highest BCUT2D eigenvalue weighted by molar-refractivity contribution is 7.89. The summed E-state index contributed by atoms with van der Waals surface area (Å²) in [7, 11) is -4.10. The van der Waals surface area contributed by atoms with Gasteiger partial charge in [0.15, 0.2) is 0 Å². The Morgan fingerprint density at radius 3 is 2.24 bits per heavy atom. The summed E-state index contributed by atoms with van der Waals surface area (Å²) in [6, 6.07) is 13.1. The molecule has 11 nitrogen and oxygen atoms in total. The van der Waals surface area contributed by atoms with Crippen molar-refractivity contribution in [3.63, 3.8) is 0 Å². The lowest BCUT2D eigenvalue weighted by atomic mass is 10.1. The highest BCUT2D eigenvalue weighted by Crippen LogP contribution is 2.26. The average Bonchev–Trinajstić information content (AvgIpc) is 3.24. The predicted molar refractivity (Wildman–Crippen MR) is 121 cm³/mol. The molecule has 2 aromatic carbocycles. The maximum Gasteiger partial charge on any atom is 0.328 e. The van der Waals surface area contributed by atoms with E-state index in [2.05, 4.69) is 16.0 Å². The number of carbonyl (C=O) groups excluding carboxylic acids is 2.